The maximum atomic E-state index is 10.2. The Morgan fingerprint density at radius 3 is 3.00 bits per heavy atom. The Morgan fingerprint density at radius 2 is 2.56 bits per heavy atom. The normalized spacial score (nSPS) is 9.33. The maximum absolute atomic E-state index is 10.2. The van der Waals surface area contributed by atoms with Gasteiger partial charge in [0.15, 0.2) is 5.76 Å². The molecular formula is C6H5O3. The van der Waals surface area contributed by atoms with Gasteiger partial charge in [-0.3, -0.25) is 0 Å². The number of hydrogen-bond donors (Lipinski definition) is 0. The van der Waals surface area contributed by atoms with Crippen molar-refractivity contribution < 1.29 is 8.83 Å². The molecule has 0 unspecified atom stereocenters. The second kappa shape index (κ2) is 2.35. The second-order valence-corrected chi connectivity index (χ2v) is 1.47. The van der Waals surface area contributed by atoms with Crippen molar-refractivity contribution in [3.05, 3.63) is 35.3 Å². The quantitative estimate of drug-likeness (QED) is 0.548. The van der Waals surface area contributed by atoms with Crippen molar-refractivity contribution in [1.29, 1.82) is 0 Å². The van der Waals surface area contributed by atoms with E-state index in [1.165, 1.54) is 0 Å². The van der Waals surface area contributed by atoms with Crippen molar-refractivity contribution in [2.45, 2.75) is 6.42 Å². The predicted molar refractivity (Wildman–Crippen MR) is 30.0 cm³/mol. The lowest BCUT2D eigenvalue weighted by Crippen LogP contribution is -1.86. The van der Waals surface area contributed by atoms with Crippen LogP contribution >= 0.6 is 0 Å². The van der Waals surface area contributed by atoms with E-state index in [1.54, 1.807) is 6.08 Å². The molecule has 3 heteroatoms. The fourth-order valence-corrected chi connectivity index (χ4v) is 0.455. The summed E-state index contributed by atoms with van der Waals surface area (Å²) >= 11 is 0. The lowest BCUT2D eigenvalue weighted by atomic mass is 10.4. The summed E-state index contributed by atoms with van der Waals surface area (Å²) in [5, 5.41) is 0. The lowest BCUT2D eigenvalue weighted by Gasteiger charge is -1.76. The van der Waals surface area contributed by atoms with Crippen molar-refractivity contribution in [3.8, 4) is 0 Å². The molecular weight excluding hydrogens is 120 g/mol. The Balaban J connectivity index is 2.84. The summed E-state index contributed by atoms with van der Waals surface area (Å²) in [6.45, 7) is 3.44. The lowest BCUT2D eigenvalue weighted by molar-refractivity contribution is 0.375. The number of rotatable bonds is 2. The molecule has 3 nitrogen and oxygen atoms in total. The van der Waals surface area contributed by atoms with E-state index < -0.39 is 5.82 Å². The predicted octanol–water partition coefficient (Wildman–Crippen LogP) is 0.761. The van der Waals surface area contributed by atoms with Gasteiger partial charge >= 0.3 is 5.82 Å². The van der Waals surface area contributed by atoms with Gasteiger partial charge < -0.3 is 8.83 Å². The van der Waals surface area contributed by atoms with E-state index in [2.05, 4.69) is 21.7 Å². The van der Waals surface area contributed by atoms with Crippen molar-refractivity contribution in [1.82, 2.24) is 0 Å². The molecule has 0 aliphatic rings. The van der Waals surface area contributed by atoms with Gasteiger partial charge in [0.05, 0.1) is 0 Å². The van der Waals surface area contributed by atoms with E-state index in [-0.39, 0.29) is 0 Å². The highest BCUT2D eigenvalue weighted by Crippen LogP contribution is 1.94. The molecule has 0 aromatic carbocycles. The summed E-state index contributed by atoms with van der Waals surface area (Å²) in [4.78, 5) is 10.2. The van der Waals surface area contributed by atoms with Gasteiger partial charge in [0.25, 0.3) is 0 Å². The molecule has 0 bridgehead atoms. The van der Waals surface area contributed by atoms with Crippen LogP contribution in [0, 0.1) is 6.26 Å². The fraction of sp³-hybridized carbons (Fsp3) is 0.167. The minimum atomic E-state index is -0.716. The molecule has 0 saturated carbocycles. The van der Waals surface area contributed by atoms with Crippen LogP contribution in [-0.2, 0) is 6.42 Å². The Hall–Kier alpha value is -1.25. The smallest absolute Gasteiger partial charge is 0.395 e. The SMILES string of the molecule is C=CCc1[c]oc(=O)o1. The highest BCUT2D eigenvalue weighted by Gasteiger charge is 1.96. The Morgan fingerprint density at radius 1 is 1.78 bits per heavy atom. The molecule has 0 aliphatic heterocycles. The minimum Gasteiger partial charge on any atom is -0.395 e. The zero-order valence-corrected chi connectivity index (χ0v) is 4.72. The summed E-state index contributed by atoms with van der Waals surface area (Å²) in [6.07, 6.45) is 4.36. The van der Waals surface area contributed by atoms with Crippen molar-refractivity contribution in [2.24, 2.45) is 0 Å². The third kappa shape index (κ3) is 1.32. The molecule has 1 aromatic heterocycles. The van der Waals surface area contributed by atoms with Crippen LogP contribution in [0.3, 0.4) is 0 Å². The molecule has 1 heterocycles. The molecule has 1 rings (SSSR count). The molecule has 0 N–H and O–H groups in total. The van der Waals surface area contributed by atoms with Crippen LogP contribution in [-0.4, -0.2) is 0 Å². The Kier molecular flexibility index (Phi) is 1.53. The first-order valence-electron chi connectivity index (χ1n) is 2.44. The average Bonchev–Trinajstić information content (AvgIpc) is 2.17. The molecule has 0 amide bonds. The van der Waals surface area contributed by atoms with Gasteiger partial charge in [-0.25, -0.2) is 4.79 Å². The van der Waals surface area contributed by atoms with E-state index in [4.69, 9.17) is 0 Å². The first-order valence-corrected chi connectivity index (χ1v) is 2.44. The van der Waals surface area contributed by atoms with Crippen LogP contribution in [0.4, 0.5) is 0 Å². The monoisotopic (exact) mass is 125 g/mol. The standard InChI is InChI=1S/C6H5O3/c1-2-3-5-4-8-6(7)9-5/h2H,1,3H2. The fourth-order valence-electron chi connectivity index (χ4n) is 0.455. The van der Waals surface area contributed by atoms with Crippen LogP contribution < -0.4 is 5.82 Å². The molecule has 1 radical (unpaired) electrons. The molecule has 0 saturated heterocycles. The third-order valence-corrected chi connectivity index (χ3v) is 0.784. The largest absolute Gasteiger partial charge is 0.519 e. The van der Waals surface area contributed by atoms with Crippen LogP contribution in [0.15, 0.2) is 26.3 Å². The van der Waals surface area contributed by atoms with Crippen molar-refractivity contribution in [2.75, 3.05) is 0 Å². The molecule has 1 aromatic rings. The highest BCUT2D eigenvalue weighted by molar-refractivity contribution is 4.90. The van der Waals surface area contributed by atoms with Crippen LogP contribution in [0.25, 0.3) is 0 Å². The summed E-state index contributed by atoms with van der Waals surface area (Å²) in [5.41, 5.74) is 0. The van der Waals surface area contributed by atoms with Gasteiger partial charge in [0, 0.05) is 6.42 Å². The summed E-state index contributed by atoms with van der Waals surface area (Å²) in [7, 11) is 0. The van der Waals surface area contributed by atoms with E-state index in [0.29, 0.717) is 12.2 Å². The van der Waals surface area contributed by atoms with Gasteiger partial charge in [0.2, 0.25) is 6.26 Å². The van der Waals surface area contributed by atoms with Crippen molar-refractivity contribution >= 4 is 0 Å². The minimum absolute atomic E-state index is 0.384. The molecule has 0 spiro atoms. The molecule has 0 aliphatic carbocycles. The second-order valence-electron chi connectivity index (χ2n) is 1.47. The van der Waals surface area contributed by atoms with Gasteiger partial charge in [-0.2, -0.15) is 0 Å². The Labute approximate surface area is 51.6 Å². The molecule has 0 fully saturated rings. The Bertz CT molecular complexity index is 243. The van der Waals surface area contributed by atoms with Gasteiger partial charge in [-0.15, -0.1) is 6.58 Å². The third-order valence-electron chi connectivity index (χ3n) is 0.784. The first kappa shape index (κ1) is 5.88. The highest BCUT2D eigenvalue weighted by atomic mass is 16.6. The summed E-state index contributed by atoms with van der Waals surface area (Å²) in [6, 6.07) is 0. The number of allylic oxidation sites excluding steroid dienone is 1. The zero-order chi connectivity index (χ0) is 6.69. The van der Waals surface area contributed by atoms with Gasteiger partial charge in [0.1, 0.15) is 0 Å². The topological polar surface area (TPSA) is 43.4 Å². The van der Waals surface area contributed by atoms with Gasteiger partial charge in [-0.1, -0.05) is 6.08 Å². The van der Waals surface area contributed by atoms with Crippen LogP contribution in [0.1, 0.15) is 5.76 Å². The first-order chi connectivity index (χ1) is 4.33. The van der Waals surface area contributed by atoms with E-state index >= 15 is 0 Å². The molecule has 47 valence electrons. The average molecular weight is 125 g/mol. The maximum Gasteiger partial charge on any atom is 0.519 e. The van der Waals surface area contributed by atoms with Crippen LogP contribution in [0.5, 0.6) is 0 Å². The van der Waals surface area contributed by atoms with Gasteiger partial charge in [-0.05, 0) is 0 Å². The van der Waals surface area contributed by atoms with E-state index in [1.807, 2.05) is 0 Å². The van der Waals surface area contributed by atoms with E-state index in [0.717, 1.165) is 0 Å². The summed E-state index contributed by atoms with van der Waals surface area (Å²) in [5.74, 6) is -0.332. The summed E-state index contributed by atoms with van der Waals surface area (Å²) < 4.78 is 8.70. The molecule has 0 atom stereocenters. The van der Waals surface area contributed by atoms with E-state index in [9.17, 15) is 4.79 Å². The number of hydrogen-bond acceptors (Lipinski definition) is 3. The molecule has 9 heavy (non-hydrogen) atoms. The zero-order valence-electron chi connectivity index (χ0n) is 4.72. The van der Waals surface area contributed by atoms with Crippen molar-refractivity contribution in [3.63, 3.8) is 0 Å². The van der Waals surface area contributed by atoms with Crippen LogP contribution in [0.2, 0.25) is 0 Å².